The van der Waals surface area contributed by atoms with E-state index in [4.69, 9.17) is 28.4 Å². The lowest BCUT2D eigenvalue weighted by atomic mass is 10.1. The van der Waals surface area contributed by atoms with Crippen LogP contribution in [0.25, 0.3) is 10.9 Å². The number of hydrogen-bond donors (Lipinski definition) is 4. The minimum Gasteiger partial charge on any atom is -0.493 e. The molecular formula is C55H60N12O13. The van der Waals surface area contributed by atoms with E-state index in [1.165, 1.54) is 79.2 Å². The summed E-state index contributed by atoms with van der Waals surface area (Å²) in [7, 11) is 6.28. The van der Waals surface area contributed by atoms with Gasteiger partial charge in [0.1, 0.15) is 24.6 Å². The molecule has 0 aliphatic carbocycles. The SMILES string of the molecule is C=CCOC(=O)Nc1ccc2cnn(C(=O)c3cc(NC(=O)c4cc(NC(=O)c5nc(NC(=O)CCCOc6cc7c(cc6OC)C(=O)N6CC(=C)C[C@H]6[C@H](OC6CCCCO6)N7C(=O)OCC=C)cn5C)cn4C)cn3C)c2c1. The third kappa shape index (κ3) is 12.0. The second kappa shape index (κ2) is 24.0. The summed E-state index contributed by atoms with van der Waals surface area (Å²) in [6, 6.07) is 10.4. The molecule has 25 heteroatoms. The highest BCUT2D eigenvalue weighted by atomic mass is 16.7. The molecular weight excluding hydrogens is 1040 g/mol. The molecule has 2 saturated heterocycles. The molecule has 0 saturated carbocycles. The molecule has 6 amide bonds. The molecule has 3 aliphatic rings. The fourth-order valence-electron chi connectivity index (χ4n) is 9.59. The average Bonchev–Trinajstić information content (AvgIpc) is 4.34. The van der Waals surface area contributed by atoms with Crippen LogP contribution in [-0.2, 0) is 44.9 Å². The molecule has 4 aromatic heterocycles. The smallest absolute Gasteiger partial charge is 0.416 e. The number of aryl methyl sites for hydroxylation is 3. The number of hydrogen-bond acceptors (Lipinski definition) is 15. The first-order chi connectivity index (χ1) is 38.5. The van der Waals surface area contributed by atoms with E-state index in [1.807, 2.05) is 0 Å². The van der Waals surface area contributed by atoms with Crippen molar-refractivity contribution in [1.82, 2.24) is 33.4 Å². The van der Waals surface area contributed by atoms with Crippen LogP contribution >= 0.6 is 0 Å². The number of fused-ring (bicyclic) bond motifs is 3. The topological polar surface area (TPSA) is 275 Å². The Morgan fingerprint density at radius 2 is 1.56 bits per heavy atom. The minimum atomic E-state index is -1.01. The monoisotopic (exact) mass is 1100 g/mol. The van der Waals surface area contributed by atoms with Crippen molar-refractivity contribution in [2.24, 2.45) is 21.1 Å². The Hall–Kier alpha value is -9.49. The van der Waals surface area contributed by atoms with E-state index in [1.54, 1.807) is 56.6 Å². The molecule has 0 bridgehead atoms. The highest BCUT2D eigenvalue weighted by molar-refractivity contribution is 6.08. The molecule has 1 unspecified atom stereocenters. The van der Waals surface area contributed by atoms with E-state index in [0.717, 1.165) is 18.4 Å². The lowest BCUT2D eigenvalue weighted by Crippen LogP contribution is -2.54. The van der Waals surface area contributed by atoms with Crippen LogP contribution in [0.15, 0.2) is 105 Å². The van der Waals surface area contributed by atoms with Crippen LogP contribution in [0.1, 0.15) is 80.5 Å². The number of anilines is 5. The second-order valence-corrected chi connectivity index (χ2v) is 19.1. The van der Waals surface area contributed by atoms with E-state index < -0.39 is 54.4 Å². The maximum absolute atomic E-state index is 14.3. The number of benzene rings is 2. The van der Waals surface area contributed by atoms with Crippen molar-refractivity contribution >= 4 is 81.2 Å². The first kappa shape index (κ1) is 55.3. The van der Waals surface area contributed by atoms with Crippen molar-refractivity contribution in [3.05, 3.63) is 127 Å². The highest BCUT2D eigenvalue weighted by Gasteiger charge is 2.49. The quantitative estimate of drug-likeness (QED) is 0.0471. The molecule has 418 valence electrons. The van der Waals surface area contributed by atoms with Crippen molar-refractivity contribution in [3.63, 3.8) is 0 Å². The van der Waals surface area contributed by atoms with Crippen molar-refractivity contribution in [2.75, 3.05) is 66.2 Å². The fourth-order valence-corrected chi connectivity index (χ4v) is 9.59. The molecule has 0 spiro atoms. The van der Waals surface area contributed by atoms with Gasteiger partial charge in [0.25, 0.3) is 23.6 Å². The molecule has 2 fully saturated rings. The van der Waals surface area contributed by atoms with E-state index in [9.17, 15) is 33.6 Å². The van der Waals surface area contributed by atoms with E-state index in [-0.39, 0.29) is 96.6 Å². The average molecular weight is 1100 g/mol. The first-order valence-corrected chi connectivity index (χ1v) is 25.6. The standard InChI is InChI=1S/C55H60N12O13/c1-8-17-78-54(73)59-34-16-15-33-27-56-67(38(33)22-34)52(72)41-24-36(30-63(41)5)57-49(69)40-23-35(29-62(40)4)58-50(70)48-61-45(31-64(48)6)60-46(68)13-12-20-76-44-26-39-37(25-43(44)75-7)51(71)65-28-32(3)21-42(65)53(66(39)55(74)79-18-9-2)80-47-14-10-11-19-77-47/h8-9,15-16,22-27,29-31,42,47,53H,1-3,10-14,17-21,28H2,4-7H3,(H,57,69)(H,58,70)(H,59,73)(H,60,68)/t42-,47?,53-/m0/s1. The summed E-state index contributed by atoms with van der Waals surface area (Å²) < 4.78 is 40.6. The lowest BCUT2D eigenvalue weighted by Gasteiger charge is -2.38. The third-order valence-corrected chi connectivity index (χ3v) is 13.3. The van der Waals surface area contributed by atoms with Gasteiger partial charge in [-0.05, 0) is 68.5 Å². The molecule has 0 radical (unpaired) electrons. The summed E-state index contributed by atoms with van der Waals surface area (Å²) in [6.45, 7) is 12.0. The van der Waals surface area contributed by atoms with Crippen LogP contribution in [0.4, 0.5) is 38.2 Å². The highest BCUT2D eigenvalue weighted by Crippen LogP contribution is 2.43. The molecule has 25 nitrogen and oxygen atoms in total. The number of nitrogens with zero attached hydrogens (tertiary/aromatic N) is 8. The van der Waals surface area contributed by atoms with Gasteiger partial charge in [-0.3, -0.25) is 29.3 Å². The third-order valence-electron chi connectivity index (χ3n) is 13.3. The van der Waals surface area contributed by atoms with Gasteiger partial charge in [0.2, 0.25) is 11.7 Å². The van der Waals surface area contributed by atoms with Gasteiger partial charge < -0.3 is 63.0 Å². The summed E-state index contributed by atoms with van der Waals surface area (Å²) in [5, 5.41) is 15.8. The van der Waals surface area contributed by atoms with Gasteiger partial charge in [-0.2, -0.15) is 9.78 Å². The second-order valence-electron chi connectivity index (χ2n) is 19.1. The van der Waals surface area contributed by atoms with Gasteiger partial charge in [0.05, 0.1) is 54.1 Å². The summed E-state index contributed by atoms with van der Waals surface area (Å²) in [5.74, 6) is -1.95. The Kier molecular flexibility index (Phi) is 16.6. The molecule has 80 heavy (non-hydrogen) atoms. The van der Waals surface area contributed by atoms with Gasteiger partial charge in [0, 0.05) is 76.4 Å². The zero-order valence-corrected chi connectivity index (χ0v) is 44.5. The van der Waals surface area contributed by atoms with Gasteiger partial charge in [-0.1, -0.05) is 37.5 Å². The van der Waals surface area contributed by atoms with Crippen molar-refractivity contribution < 1.29 is 62.0 Å². The van der Waals surface area contributed by atoms with Crippen molar-refractivity contribution in [1.29, 1.82) is 0 Å². The first-order valence-electron chi connectivity index (χ1n) is 25.6. The predicted octanol–water partition coefficient (Wildman–Crippen LogP) is 6.96. The molecule has 3 aliphatic heterocycles. The normalized spacial score (nSPS) is 16.7. The van der Waals surface area contributed by atoms with Crippen molar-refractivity contribution in [3.8, 4) is 11.5 Å². The number of aromatic nitrogens is 6. The van der Waals surface area contributed by atoms with Crippen LogP contribution in [0.5, 0.6) is 11.5 Å². The maximum atomic E-state index is 14.3. The molecule has 9 rings (SSSR count). The summed E-state index contributed by atoms with van der Waals surface area (Å²) >= 11 is 0. The van der Waals surface area contributed by atoms with Crippen molar-refractivity contribution in [2.45, 2.75) is 57.1 Å². The Morgan fingerprint density at radius 3 is 2.30 bits per heavy atom. The Bertz CT molecular complexity index is 3440. The Labute approximate surface area is 458 Å². The summed E-state index contributed by atoms with van der Waals surface area (Å²) in [4.78, 5) is 102. The van der Waals surface area contributed by atoms with Crippen LogP contribution < -0.4 is 35.6 Å². The zero-order valence-electron chi connectivity index (χ0n) is 44.5. The number of imidazole rings is 1. The largest absolute Gasteiger partial charge is 0.493 e. The summed E-state index contributed by atoms with van der Waals surface area (Å²) in [5.41, 5.74) is 2.91. The number of carbonyl (C=O) groups is 7. The number of rotatable bonds is 19. The van der Waals surface area contributed by atoms with Gasteiger partial charge in [-0.15, -0.1) is 0 Å². The van der Waals surface area contributed by atoms with E-state index in [2.05, 4.69) is 51.1 Å². The molecule has 4 N–H and O–H groups in total. The van der Waals surface area contributed by atoms with E-state index in [0.29, 0.717) is 41.7 Å². The minimum absolute atomic E-state index is 0.0174. The van der Waals surface area contributed by atoms with Gasteiger partial charge in [-0.25, -0.2) is 19.5 Å². The number of carbonyl (C=O) groups excluding carboxylic acids is 7. The number of nitrogens with one attached hydrogen (secondary N) is 4. The van der Waals surface area contributed by atoms with Crippen LogP contribution in [0.3, 0.4) is 0 Å². The van der Waals surface area contributed by atoms with Crippen LogP contribution in [-0.4, -0.2) is 134 Å². The lowest BCUT2D eigenvalue weighted by molar-refractivity contribution is -0.195. The maximum Gasteiger partial charge on any atom is 0.416 e. The molecule has 7 heterocycles. The Balaban J connectivity index is 0.803. The number of ether oxygens (including phenoxy) is 6. The predicted molar refractivity (Wildman–Crippen MR) is 292 cm³/mol. The number of amides is 6. The molecule has 6 aromatic rings. The van der Waals surface area contributed by atoms with Crippen LogP contribution in [0, 0.1) is 0 Å². The molecule has 2 aromatic carbocycles. The molecule has 3 atom stereocenters. The summed E-state index contributed by atoms with van der Waals surface area (Å²) in [6.07, 6.45) is 8.81. The van der Waals surface area contributed by atoms with Gasteiger partial charge >= 0.3 is 12.2 Å². The Morgan fingerprint density at radius 1 is 0.825 bits per heavy atom. The van der Waals surface area contributed by atoms with Gasteiger partial charge in [0.15, 0.2) is 29.8 Å². The fraction of sp³-hybridized carbons (Fsp3) is 0.327. The van der Waals surface area contributed by atoms with E-state index >= 15 is 0 Å². The zero-order chi connectivity index (χ0) is 56.8. The number of methoxy groups -OCH3 is 1. The van der Waals surface area contributed by atoms with Crippen LogP contribution in [0.2, 0.25) is 0 Å².